The average Bonchev–Trinajstić information content (AvgIpc) is 2.95. The van der Waals surface area contributed by atoms with E-state index >= 15 is 0 Å². The van der Waals surface area contributed by atoms with Crippen LogP contribution in [0.2, 0.25) is 0 Å². The molecular weight excluding hydrogens is 304 g/mol. The highest BCUT2D eigenvalue weighted by Crippen LogP contribution is 2.23. The van der Waals surface area contributed by atoms with E-state index in [1.807, 2.05) is 18.4 Å². The van der Waals surface area contributed by atoms with Gasteiger partial charge in [0.2, 0.25) is 0 Å². The summed E-state index contributed by atoms with van der Waals surface area (Å²) in [5.41, 5.74) is 1.37. The zero-order valence-electron chi connectivity index (χ0n) is 14.7. The summed E-state index contributed by atoms with van der Waals surface area (Å²) in [6, 6.07) is 0.300. The van der Waals surface area contributed by atoms with Gasteiger partial charge < -0.3 is 15.2 Å². The Bertz CT molecular complexity index is 615. The van der Waals surface area contributed by atoms with Gasteiger partial charge in [0.05, 0.1) is 5.69 Å². The Balaban J connectivity index is 1.83. The maximum Gasteiger partial charge on any atom is 0.287 e. The highest BCUT2D eigenvalue weighted by molar-refractivity contribution is 5.97. The first-order chi connectivity index (χ1) is 11.6. The number of hydrogen-bond donors (Lipinski definition) is 2. The van der Waals surface area contributed by atoms with E-state index in [0.717, 1.165) is 44.3 Å². The lowest BCUT2D eigenvalue weighted by molar-refractivity contribution is 0.0921. The first kappa shape index (κ1) is 17.0. The molecule has 1 aliphatic heterocycles. The standard InChI is InChI=1S/C18H28N4O2/c1-12(2)19-18(24)16-21-15(14-10-6-7-11-22(14)16)17(23)20-13-8-4-3-5-9-13/h12-13H,3-11H2,1-2H3,(H,19,24)(H,20,23). The fourth-order valence-electron chi connectivity index (χ4n) is 3.73. The third kappa shape index (κ3) is 3.62. The van der Waals surface area contributed by atoms with Crippen molar-refractivity contribution in [2.75, 3.05) is 0 Å². The minimum Gasteiger partial charge on any atom is -0.348 e. The molecule has 1 aliphatic carbocycles. The van der Waals surface area contributed by atoms with Gasteiger partial charge in [0.25, 0.3) is 11.8 Å². The molecule has 1 fully saturated rings. The lowest BCUT2D eigenvalue weighted by Crippen LogP contribution is -2.37. The molecule has 6 heteroatoms. The maximum atomic E-state index is 12.7. The van der Waals surface area contributed by atoms with Crippen LogP contribution in [0.3, 0.4) is 0 Å². The van der Waals surface area contributed by atoms with E-state index in [9.17, 15) is 9.59 Å². The second kappa shape index (κ2) is 7.36. The molecule has 2 amide bonds. The SMILES string of the molecule is CC(C)NC(=O)c1nc(C(=O)NC2CCCCC2)c2n1CCCC2. The highest BCUT2D eigenvalue weighted by atomic mass is 16.2. The molecule has 24 heavy (non-hydrogen) atoms. The molecule has 3 rings (SSSR count). The number of carbonyl (C=O) groups is 2. The molecule has 1 aromatic heterocycles. The number of fused-ring (bicyclic) bond motifs is 1. The quantitative estimate of drug-likeness (QED) is 0.889. The summed E-state index contributed by atoms with van der Waals surface area (Å²) in [5.74, 6) is 0.0770. The topological polar surface area (TPSA) is 76.0 Å². The van der Waals surface area contributed by atoms with Gasteiger partial charge in [-0.3, -0.25) is 9.59 Å². The summed E-state index contributed by atoms with van der Waals surface area (Å²) in [5, 5.41) is 6.02. The van der Waals surface area contributed by atoms with Crippen LogP contribution in [0.5, 0.6) is 0 Å². The number of hydrogen-bond acceptors (Lipinski definition) is 3. The van der Waals surface area contributed by atoms with Crippen molar-refractivity contribution in [2.24, 2.45) is 0 Å². The van der Waals surface area contributed by atoms with Crippen molar-refractivity contribution in [3.8, 4) is 0 Å². The predicted octanol–water partition coefficient (Wildman–Crippen LogP) is 2.42. The fraction of sp³-hybridized carbons (Fsp3) is 0.722. The van der Waals surface area contributed by atoms with E-state index in [0.29, 0.717) is 11.5 Å². The largest absolute Gasteiger partial charge is 0.348 e. The summed E-state index contributed by atoms with van der Waals surface area (Å²) in [7, 11) is 0. The molecule has 0 aromatic carbocycles. The first-order valence-corrected chi connectivity index (χ1v) is 9.27. The molecule has 0 unspecified atom stereocenters. The Hall–Kier alpha value is -1.85. The van der Waals surface area contributed by atoms with E-state index in [4.69, 9.17) is 0 Å². The van der Waals surface area contributed by atoms with Crippen molar-refractivity contribution in [3.05, 3.63) is 17.2 Å². The molecule has 0 atom stereocenters. The smallest absolute Gasteiger partial charge is 0.287 e. The van der Waals surface area contributed by atoms with Crippen molar-refractivity contribution in [1.82, 2.24) is 20.2 Å². The van der Waals surface area contributed by atoms with E-state index in [-0.39, 0.29) is 23.9 Å². The van der Waals surface area contributed by atoms with Gasteiger partial charge in [-0.25, -0.2) is 4.98 Å². The average molecular weight is 332 g/mol. The Morgan fingerprint density at radius 3 is 2.54 bits per heavy atom. The number of amides is 2. The molecule has 0 bridgehead atoms. The lowest BCUT2D eigenvalue weighted by Gasteiger charge is -2.23. The molecule has 0 spiro atoms. The highest BCUT2D eigenvalue weighted by Gasteiger charge is 2.28. The Morgan fingerprint density at radius 1 is 1.08 bits per heavy atom. The van der Waals surface area contributed by atoms with E-state index < -0.39 is 0 Å². The Kier molecular flexibility index (Phi) is 5.21. The van der Waals surface area contributed by atoms with Crippen molar-refractivity contribution in [2.45, 2.75) is 83.8 Å². The number of carbonyl (C=O) groups excluding carboxylic acids is 2. The third-order valence-corrected chi connectivity index (χ3v) is 4.90. The zero-order valence-corrected chi connectivity index (χ0v) is 14.7. The van der Waals surface area contributed by atoms with Crippen molar-refractivity contribution >= 4 is 11.8 Å². The second-order valence-corrected chi connectivity index (χ2v) is 7.28. The van der Waals surface area contributed by atoms with Gasteiger partial charge >= 0.3 is 0 Å². The first-order valence-electron chi connectivity index (χ1n) is 9.27. The van der Waals surface area contributed by atoms with Crippen molar-refractivity contribution in [1.29, 1.82) is 0 Å². The number of nitrogens with zero attached hydrogens (tertiary/aromatic N) is 2. The molecule has 6 nitrogen and oxygen atoms in total. The minimum absolute atomic E-state index is 0.0496. The third-order valence-electron chi connectivity index (χ3n) is 4.90. The van der Waals surface area contributed by atoms with Crippen LogP contribution in [-0.2, 0) is 13.0 Å². The number of aromatic nitrogens is 2. The van der Waals surface area contributed by atoms with Crippen LogP contribution in [0.15, 0.2) is 0 Å². The van der Waals surface area contributed by atoms with Crippen LogP contribution in [0.1, 0.15) is 85.6 Å². The fourth-order valence-corrected chi connectivity index (χ4v) is 3.73. The van der Waals surface area contributed by atoms with Crippen LogP contribution >= 0.6 is 0 Å². The van der Waals surface area contributed by atoms with Gasteiger partial charge in [-0.1, -0.05) is 19.3 Å². The molecule has 1 aromatic rings. The molecule has 132 valence electrons. The van der Waals surface area contributed by atoms with Gasteiger partial charge in [0.1, 0.15) is 5.69 Å². The minimum atomic E-state index is -0.190. The zero-order chi connectivity index (χ0) is 17.1. The van der Waals surface area contributed by atoms with Crippen LogP contribution < -0.4 is 10.6 Å². The summed E-state index contributed by atoms with van der Waals surface area (Å²) in [4.78, 5) is 29.6. The summed E-state index contributed by atoms with van der Waals surface area (Å²) in [6.07, 6.45) is 8.57. The normalized spacial score (nSPS) is 18.3. The molecule has 2 N–H and O–H groups in total. The number of rotatable bonds is 4. The molecule has 0 radical (unpaired) electrons. The van der Waals surface area contributed by atoms with E-state index in [1.54, 1.807) is 0 Å². The summed E-state index contributed by atoms with van der Waals surface area (Å²) < 4.78 is 1.94. The van der Waals surface area contributed by atoms with Gasteiger partial charge in [0.15, 0.2) is 5.82 Å². The Morgan fingerprint density at radius 2 is 1.83 bits per heavy atom. The van der Waals surface area contributed by atoms with Crippen LogP contribution in [0.4, 0.5) is 0 Å². The van der Waals surface area contributed by atoms with Crippen LogP contribution in [0.25, 0.3) is 0 Å². The number of imidazole rings is 1. The van der Waals surface area contributed by atoms with Gasteiger partial charge in [0, 0.05) is 18.6 Å². The molecular formula is C18H28N4O2. The maximum absolute atomic E-state index is 12.7. The number of nitrogens with one attached hydrogen (secondary N) is 2. The Labute approximate surface area is 143 Å². The van der Waals surface area contributed by atoms with Crippen molar-refractivity contribution in [3.63, 3.8) is 0 Å². The van der Waals surface area contributed by atoms with Gasteiger partial charge in [-0.15, -0.1) is 0 Å². The monoisotopic (exact) mass is 332 g/mol. The van der Waals surface area contributed by atoms with Gasteiger partial charge in [-0.2, -0.15) is 0 Å². The molecule has 1 saturated carbocycles. The van der Waals surface area contributed by atoms with Gasteiger partial charge in [-0.05, 0) is 46.0 Å². The van der Waals surface area contributed by atoms with E-state index in [2.05, 4.69) is 15.6 Å². The van der Waals surface area contributed by atoms with E-state index in [1.165, 1.54) is 19.3 Å². The molecule has 0 saturated heterocycles. The second-order valence-electron chi connectivity index (χ2n) is 7.28. The predicted molar refractivity (Wildman–Crippen MR) is 92.1 cm³/mol. The summed E-state index contributed by atoms with van der Waals surface area (Å²) in [6.45, 7) is 4.61. The van der Waals surface area contributed by atoms with Crippen LogP contribution in [0, 0.1) is 0 Å². The lowest BCUT2D eigenvalue weighted by atomic mass is 9.95. The summed E-state index contributed by atoms with van der Waals surface area (Å²) >= 11 is 0. The molecule has 2 heterocycles. The van der Waals surface area contributed by atoms with Crippen LogP contribution in [-0.4, -0.2) is 33.4 Å². The molecule has 2 aliphatic rings. The van der Waals surface area contributed by atoms with Crippen molar-refractivity contribution < 1.29 is 9.59 Å².